The summed E-state index contributed by atoms with van der Waals surface area (Å²) in [5, 5.41) is 5.51. The number of aryl methyl sites for hydroxylation is 4. The Morgan fingerprint density at radius 2 is 0.889 bits per heavy atom. The first kappa shape index (κ1) is 28.3. The molecule has 0 atom stereocenters. The fourth-order valence-corrected chi connectivity index (χ4v) is 3.04. The van der Waals surface area contributed by atoms with Gasteiger partial charge < -0.3 is 31.7 Å². The van der Waals surface area contributed by atoms with E-state index in [1.807, 2.05) is 0 Å². The summed E-state index contributed by atoms with van der Waals surface area (Å²) in [4.78, 5) is 0. The maximum atomic E-state index is 3.25. The van der Waals surface area contributed by atoms with Gasteiger partial charge in [-0.15, -0.1) is 81.2 Å². The first-order valence-corrected chi connectivity index (χ1v) is 8.52. The minimum Gasteiger partial charge on any atom is -1.00 e. The molecule has 0 amide bonds. The van der Waals surface area contributed by atoms with E-state index in [0.717, 1.165) is 0 Å². The molecular formula is C24H27Cl2Zr-3. The maximum Gasteiger partial charge on any atom is 2.00 e. The number of halogens is 2. The van der Waals surface area contributed by atoms with E-state index < -0.39 is 0 Å². The van der Waals surface area contributed by atoms with Gasteiger partial charge in [-0.25, -0.2) is 0 Å². The number of rotatable bonds is 0. The molecule has 4 aromatic carbocycles. The van der Waals surface area contributed by atoms with E-state index in [9.17, 15) is 0 Å². The number of benzene rings is 2. The van der Waals surface area contributed by atoms with Crippen LogP contribution in [0.1, 0.15) is 29.2 Å². The molecule has 4 rings (SSSR count). The zero-order valence-corrected chi connectivity index (χ0v) is 20.7. The van der Waals surface area contributed by atoms with Crippen LogP contribution >= 0.6 is 0 Å². The van der Waals surface area contributed by atoms with Crippen LogP contribution in [-0.4, -0.2) is 0 Å². The summed E-state index contributed by atoms with van der Waals surface area (Å²) in [5.74, 6) is 0. The molecule has 0 nitrogen and oxygen atoms in total. The Balaban J connectivity index is 0. The molecule has 0 N–H and O–H groups in total. The molecule has 0 radical (unpaired) electrons. The van der Waals surface area contributed by atoms with Crippen molar-refractivity contribution >= 4 is 21.5 Å². The number of hydrogen-bond acceptors (Lipinski definition) is 0. The van der Waals surface area contributed by atoms with E-state index in [0.29, 0.717) is 0 Å². The van der Waals surface area contributed by atoms with Crippen molar-refractivity contribution < 1.29 is 51.0 Å². The molecule has 0 fully saturated rings. The Kier molecular flexibility index (Phi) is 14.0. The van der Waals surface area contributed by atoms with Crippen molar-refractivity contribution in [3.8, 4) is 0 Å². The first-order valence-electron chi connectivity index (χ1n) is 8.52. The summed E-state index contributed by atoms with van der Waals surface area (Å²) in [6.45, 7) is 13.7. The molecule has 0 aromatic heterocycles. The third kappa shape index (κ3) is 6.60. The van der Waals surface area contributed by atoms with Crippen LogP contribution < -0.4 is 24.8 Å². The van der Waals surface area contributed by atoms with Gasteiger partial charge in [-0.1, -0.05) is 39.8 Å². The second-order valence-corrected chi connectivity index (χ2v) is 6.08. The molecule has 0 aliphatic heterocycles. The summed E-state index contributed by atoms with van der Waals surface area (Å²) < 4.78 is 0. The monoisotopic (exact) mass is 475 g/mol. The molecule has 0 spiro atoms. The standard InChI is InChI=1S/2C11H11.C2H5.2ClH.Zr/c2*1-8-7-10-5-3-4-6-11(10)9(8)2;1-2;;;/h2*3-7H,1-2H3;1H2,2H3;2*1H;/q3*-1;;;+2/p-2. The van der Waals surface area contributed by atoms with Crippen LogP contribution in [0.25, 0.3) is 21.5 Å². The van der Waals surface area contributed by atoms with Crippen LogP contribution in [0.15, 0.2) is 60.7 Å². The van der Waals surface area contributed by atoms with Crippen LogP contribution in [0.2, 0.25) is 0 Å². The summed E-state index contributed by atoms with van der Waals surface area (Å²) in [6.07, 6.45) is 0. The van der Waals surface area contributed by atoms with Gasteiger partial charge in [-0.3, -0.25) is 0 Å². The topological polar surface area (TPSA) is 0 Å². The fourth-order valence-electron chi connectivity index (χ4n) is 3.04. The van der Waals surface area contributed by atoms with E-state index >= 15 is 0 Å². The predicted molar refractivity (Wildman–Crippen MR) is 109 cm³/mol. The van der Waals surface area contributed by atoms with Crippen molar-refractivity contribution in [3.63, 3.8) is 0 Å². The van der Waals surface area contributed by atoms with Crippen LogP contribution in [0, 0.1) is 34.6 Å². The Morgan fingerprint density at radius 1 is 0.593 bits per heavy atom. The normalized spacial score (nSPS) is 8.96. The Labute approximate surface area is 196 Å². The average Bonchev–Trinajstić information content (AvgIpc) is 3.07. The first-order chi connectivity index (χ1) is 11.6. The Morgan fingerprint density at radius 3 is 1.19 bits per heavy atom. The molecule has 0 bridgehead atoms. The van der Waals surface area contributed by atoms with Gasteiger partial charge in [0.1, 0.15) is 0 Å². The Bertz CT molecular complexity index is 854. The van der Waals surface area contributed by atoms with E-state index in [1.54, 1.807) is 6.92 Å². The zero-order valence-electron chi connectivity index (χ0n) is 16.7. The van der Waals surface area contributed by atoms with Gasteiger partial charge in [0.25, 0.3) is 0 Å². The largest absolute Gasteiger partial charge is 2.00 e. The number of fused-ring (bicyclic) bond motifs is 2. The van der Waals surface area contributed by atoms with Gasteiger partial charge in [0.15, 0.2) is 0 Å². The minimum absolute atomic E-state index is 0. The molecule has 0 aliphatic carbocycles. The summed E-state index contributed by atoms with van der Waals surface area (Å²) in [7, 11) is 0. The van der Waals surface area contributed by atoms with Gasteiger partial charge >= 0.3 is 26.2 Å². The molecule has 3 heteroatoms. The quantitative estimate of drug-likeness (QED) is 0.334. The van der Waals surface area contributed by atoms with Gasteiger partial charge in [-0.2, -0.15) is 18.1 Å². The van der Waals surface area contributed by atoms with Crippen molar-refractivity contribution in [2.24, 2.45) is 0 Å². The van der Waals surface area contributed by atoms with E-state index in [2.05, 4.69) is 95.3 Å². The fraction of sp³-hybridized carbons (Fsp3) is 0.208. The van der Waals surface area contributed by atoms with Crippen LogP contribution in [0.5, 0.6) is 0 Å². The van der Waals surface area contributed by atoms with Crippen molar-refractivity contribution in [2.45, 2.75) is 34.6 Å². The summed E-state index contributed by atoms with van der Waals surface area (Å²) >= 11 is 0. The molecular weight excluding hydrogens is 450 g/mol. The number of hydrogen-bond donors (Lipinski definition) is 0. The van der Waals surface area contributed by atoms with Gasteiger partial charge in [0.05, 0.1) is 0 Å². The summed E-state index contributed by atoms with van der Waals surface area (Å²) in [6, 6.07) is 21.5. The molecule has 0 saturated heterocycles. The predicted octanol–water partition coefficient (Wildman–Crippen LogP) is 1.20. The average molecular weight is 478 g/mol. The molecule has 144 valence electrons. The molecule has 0 aliphatic rings. The van der Waals surface area contributed by atoms with Crippen molar-refractivity contribution in [3.05, 3.63) is 89.8 Å². The molecule has 0 unspecified atom stereocenters. The van der Waals surface area contributed by atoms with E-state index in [-0.39, 0.29) is 51.0 Å². The van der Waals surface area contributed by atoms with E-state index in [1.165, 1.54) is 43.8 Å². The van der Waals surface area contributed by atoms with Crippen LogP contribution in [-0.2, 0) is 26.2 Å². The maximum absolute atomic E-state index is 3.25. The molecule has 4 aromatic rings. The minimum atomic E-state index is 0. The van der Waals surface area contributed by atoms with Crippen LogP contribution in [0.4, 0.5) is 0 Å². The SMILES string of the molecule is Cc1[cH-]c2ccccc2c1C.Cc1[cH-]c2ccccc2c1C.[CH2-]C.[Cl-].[Cl-].[Zr+2]. The van der Waals surface area contributed by atoms with Crippen LogP contribution in [0.3, 0.4) is 0 Å². The zero-order chi connectivity index (χ0) is 17.7. The third-order valence-electron chi connectivity index (χ3n) is 4.66. The Hall–Kier alpha value is -0.877. The molecule has 0 saturated carbocycles. The van der Waals surface area contributed by atoms with Gasteiger partial charge in [0, 0.05) is 0 Å². The van der Waals surface area contributed by atoms with Gasteiger partial charge in [-0.05, 0) is 0 Å². The second kappa shape index (κ2) is 13.3. The van der Waals surface area contributed by atoms with Crippen molar-refractivity contribution in [1.82, 2.24) is 0 Å². The van der Waals surface area contributed by atoms with Gasteiger partial charge in [0.2, 0.25) is 0 Å². The molecule has 27 heavy (non-hydrogen) atoms. The third-order valence-corrected chi connectivity index (χ3v) is 4.66. The summed E-state index contributed by atoms with van der Waals surface area (Å²) in [5.41, 5.74) is 5.62. The second-order valence-electron chi connectivity index (χ2n) is 6.08. The van der Waals surface area contributed by atoms with Crippen molar-refractivity contribution in [2.75, 3.05) is 0 Å². The molecule has 0 heterocycles. The van der Waals surface area contributed by atoms with E-state index in [4.69, 9.17) is 0 Å². The van der Waals surface area contributed by atoms with Crippen molar-refractivity contribution in [1.29, 1.82) is 0 Å². The smallest absolute Gasteiger partial charge is 1.00 e.